The highest BCUT2D eigenvalue weighted by Gasteiger charge is 2.04. The summed E-state index contributed by atoms with van der Waals surface area (Å²) in [6, 6.07) is 7.80. The van der Waals surface area contributed by atoms with Crippen LogP contribution < -0.4 is 10.6 Å². The second kappa shape index (κ2) is 5.39. The van der Waals surface area contributed by atoms with Crippen LogP contribution in [0.25, 0.3) is 0 Å². The van der Waals surface area contributed by atoms with Gasteiger partial charge in [0.1, 0.15) is 0 Å². The molecule has 2 N–H and O–H groups in total. The van der Waals surface area contributed by atoms with E-state index < -0.39 is 0 Å². The van der Waals surface area contributed by atoms with Gasteiger partial charge in [-0.25, -0.2) is 4.79 Å². The molecule has 3 heteroatoms. The number of anilines is 1. The number of aryl methyl sites for hydroxylation is 1. The molecule has 0 bridgehead atoms. The highest BCUT2D eigenvalue weighted by molar-refractivity contribution is 5.89. The Morgan fingerprint density at radius 1 is 1.47 bits per heavy atom. The normalized spacial score (nSPS) is 11.9. The van der Waals surface area contributed by atoms with E-state index in [2.05, 4.69) is 10.6 Å². The number of carbonyl (C=O) groups excluding carboxylic acids is 1. The standard InChI is InChI=1S/C12H18N2O/c1-4-10(3)13-12(15)14-11-7-5-6-9(2)8-11/h5-8,10H,4H2,1-3H3,(H2,13,14,15)/t10-/m1/s1. The lowest BCUT2D eigenvalue weighted by molar-refractivity contribution is 0.249. The lowest BCUT2D eigenvalue weighted by Crippen LogP contribution is -2.35. The van der Waals surface area contributed by atoms with Gasteiger partial charge in [-0.2, -0.15) is 0 Å². The van der Waals surface area contributed by atoms with Gasteiger partial charge in [0.15, 0.2) is 0 Å². The van der Waals surface area contributed by atoms with Gasteiger partial charge in [-0.15, -0.1) is 0 Å². The van der Waals surface area contributed by atoms with Gasteiger partial charge in [0.05, 0.1) is 0 Å². The maximum absolute atomic E-state index is 11.5. The molecule has 0 radical (unpaired) electrons. The summed E-state index contributed by atoms with van der Waals surface area (Å²) in [5, 5.41) is 5.65. The fraction of sp³-hybridized carbons (Fsp3) is 0.417. The number of nitrogens with one attached hydrogen (secondary N) is 2. The monoisotopic (exact) mass is 206 g/mol. The number of carbonyl (C=O) groups is 1. The molecule has 15 heavy (non-hydrogen) atoms. The Bertz CT molecular complexity index is 336. The third-order valence-corrected chi connectivity index (χ3v) is 2.27. The molecule has 1 aromatic carbocycles. The first-order chi connectivity index (χ1) is 7.11. The fourth-order valence-electron chi connectivity index (χ4n) is 1.22. The van der Waals surface area contributed by atoms with Crippen LogP contribution in [0.3, 0.4) is 0 Å². The van der Waals surface area contributed by atoms with Gasteiger partial charge in [-0.05, 0) is 38.0 Å². The Balaban J connectivity index is 2.51. The maximum Gasteiger partial charge on any atom is 0.319 e. The summed E-state index contributed by atoms with van der Waals surface area (Å²) in [7, 11) is 0. The van der Waals surface area contributed by atoms with Crippen LogP contribution in [0.1, 0.15) is 25.8 Å². The number of amides is 2. The van der Waals surface area contributed by atoms with Crippen molar-refractivity contribution in [2.24, 2.45) is 0 Å². The predicted octanol–water partition coefficient (Wildman–Crippen LogP) is 2.92. The van der Waals surface area contributed by atoms with Crippen molar-refractivity contribution in [2.45, 2.75) is 33.2 Å². The van der Waals surface area contributed by atoms with Crippen molar-refractivity contribution in [1.29, 1.82) is 0 Å². The molecule has 0 aliphatic heterocycles. The van der Waals surface area contributed by atoms with Crippen LogP contribution in [0.4, 0.5) is 10.5 Å². The van der Waals surface area contributed by atoms with Crippen molar-refractivity contribution in [3.05, 3.63) is 29.8 Å². The minimum absolute atomic E-state index is 0.144. The molecular weight excluding hydrogens is 188 g/mol. The number of rotatable bonds is 3. The van der Waals surface area contributed by atoms with Crippen molar-refractivity contribution in [2.75, 3.05) is 5.32 Å². The third-order valence-electron chi connectivity index (χ3n) is 2.27. The van der Waals surface area contributed by atoms with Gasteiger partial charge in [0.25, 0.3) is 0 Å². The van der Waals surface area contributed by atoms with Crippen LogP contribution in [0.15, 0.2) is 24.3 Å². The second-order valence-electron chi connectivity index (χ2n) is 3.78. The van der Waals surface area contributed by atoms with Gasteiger partial charge in [0.2, 0.25) is 0 Å². The minimum Gasteiger partial charge on any atom is -0.335 e. The number of urea groups is 1. The lowest BCUT2D eigenvalue weighted by atomic mass is 10.2. The van der Waals surface area contributed by atoms with E-state index in [9.17, 15) is 4.79 Å². The van der Waals surface area contributed by atoms with Crippen molar-refractivity contribution in [1.82, 2.24) is 5.32 Å². The summed E-state index contributed by atoms with van der Waals surface area (Å²) < 4.78 is 0. The van der Waals surface area contributed by atoms with Crippen LogP contribution in [-0.2, 0) is 0 Å². The molecule has 0 unspecified atom stereocenters. The topological polar surface area (TPSA) is 41.1 Å². The molecule has 82 valence electrons. The van der Waals surface area contributed by atoms with Crippen LogP contribution in [0.5, 0.6) is 0 Å². The molecule has 0 saturated heterocycles. The van der Waals surface area contributed by atoms with Gasteiger partial charge >= 0.3 is 6.03 Å². The number of hydrogen-bond donors (Lipinski definition) is 2. The van der Waals surface area contributed by atoms with E-state index in [4.69, 9.17) is 0 Å². The third kappa shape index (κ3) is 4.02. The minimum atomic E-state index is -0.144. The van der Waals surface area contributed by atoms with Gasteiger partial charge < -0.3 is 10.6 Å². The molecule has 0 saturated carbocycles. The first kappa shape index (κ1) is 11.6. The smallest absolute Gasteiger partial charge is 0.319 e. The molecule has 1 aromatic rings. The summed E-state index contributed by atoms with van der Waals surface area (Å²) in [5.74, 6) is 0. The Morgan fingerprint density at radius 2 is 2.20 bits per heavy atom. The van der Waals surface area contributed by atoms with Gasteiger partial charge in [-0.3, -0.25) is 0 Å². The van der Waals surface area contributed by atoms with Crippen molar-refractivity contribution in [3.63, 3.8) is 0 Å². The summed E-state index contributed by atoms with van der Waals surface area (Å²) in [6.07, 6.45) is 0.932. The highest BCUT2D eigenvalue weighted by Crippen LogP contribution is 2.09. The molecule has 0 spiro atoms. The van der Waals surface area contributed by atoms with E-state index in [0.29, 0.717) is 0 Å². The first-order valence-corrected chi connectivity index (χ1v) is 5.26. The second-order valence-corrected chi connectivity index (χ2v) is 3.78. The first-order valence-electron chi connectivity index (χ1n) is 5.26. The van der Waals surface area contributed by atoms with Crippen LogP contribution in [-0.4, -0.2) is 12.1 Å². The van der Waals surface area contributed by atoms with Crippen LogP contribution in [0, 0.1) is 6.92 Å². The van der Waals surface area contributed by atoms with Crippen LogP contribution in [0.2, 0.25) is 0 Å². The van der Waals surface area contributed by atoms with Crippen molar-refractivity contribution < 1.29 is 4.79 Å². The van der Waals surface area contributed by atoms with E-state index >= 15 is 0 Å². The summed E-state index contributed by atoms with van der Waals surface area (Å²) in [6.45, 7) is 6.02. The zero-order valence-electron chi connectivity index (χ0n) is 9.50. The summed E-state index contributed by atoms with van der Waals surface area (Å²) in [5.41, 5.74) is 1.96. The Kier molecular flexibility index (Phi) is 4.16. The van der Waals surface area contributed by atoms with Gasteiger partial charge in [-0.1, -0.05) is 19.1 Å². The average Bonchev–Trinajstić information content (AvgIpc) is 2.17. The molecule has 0 heterocycles. The number of benzene rings is 1. The molecule has 0 aliphatic carbocycles. The molecule has 0 aliphatic rings. The van der Waals surface area contributed by atoms with Crippen molar-refractivity contribution >= 4 is 11.7 Å². The Labute approximate surface area is 90.9 Å². The van der Waals surface area contributed by atoms with Gasteiger partial charge in [0, 0.05) is 11.7 Å². The molecular formula is C12H18N2O. The molecule has 0 fully saturated rings. The SMILES string of the molecule is CC[C@@H](C)NC(=O)Nc1cccc(C)c1. The molecule has 0 aromatic heterocycles. The quantitative estimate of drug-likeness (QED) is 0.784. The van der Waals surface area contributed by atoms with E-state index in [1.807, 2.05) is 45.0 Å². The molecule has 2 amide bonds. The molecule has 1 rings (SSSR count). The van der Waals surface area contributed by atoms with Crippen LogP contribution >= 0.6 is 0 Å². The molecule has 1 atom stereocenters. The zero-order valence-corrected chi connectivity index (χ0v) is 9.50. The Hall–Kier alpha value is -1.51. The average molecular weight is 206 g/mol. The van der Waals surface area contributed by atoms with E-state index in [-0.39, 0.29) is 12.1 Å². The van der Waals surface area contributed by atoms with E-state index in [1.165, 1.54) is 0 Å². The summed E-state index contributed by atoms with van der Waals surface area (Å²) >= 11 is 0. The van der Waals surface area contributed by atoms with Crippen molar-refractivity contribution in [3.8, 4) is 0 Å². The van der Waals surface area contributed by atoms with E-state index in [1.54, 1.807) is 0 Å². The fourth-order valence-corrected chi connectivity index (χ4v) is 1.22. The molecule has 3 nitrogen and oxygen atoms in total. The number of hydrogen-bond acceptors (Lipinski definition) is 1. The Morgan fingerprint density at radius 3 is 2.80 bits per heavy atom. The zero-order chi connectivity index (χ0) is 11.3. The highest BCUT2D eigenvalue weighted by atomic mass is 16.2. The largest absolute Gasteiger partial charge is 0.335 e. The predicted molar refractivity (Wildman–Crippen MR) is 63.1 cm³/mol. The van der Waals surface area contributed by atoms with E-state index in [0.717, 1.165) is 17.7 Å². The summed E-state index contributed by atoms with van der Waals surface area (Å²) in [4.78, 5) is 11.5. The maximum atomic E-state index is 11.5. The lowest BCUT2D eigenvalue weighted by Gasteiger charge is -2.12.